The predicted molar refractivity (Wildman–Crippen MR) is 98.7 cm³/mol. The van der Waals surface area contributed by atoms with Gasteiger partial charge in [0.1, 0.15) is 0 Å². The van der Waals surface area contributed by atoms with Crippen LogP contribution < -0.4 is 0 Å². The van der Waals surface area contributed by atoms with Gasteiger partial charge in [-0.25, -0.2) is 0 Å². The number of aliphatic hydroxyl groups excluding tert-OH is 1. The molecule has 0 heterocycles. The van der Waals surface area contributed by atoms with Gasteiger partial charge in [0.05, 0.1) is 23.7 Å². The minimum atomic E-state index is -1.91. The summed E-state index contributed by atoms with van der Waals surface area (Å²) in [4.78, 5) is 12.2. The zero-order valence-electron chi connectivity index (χ0n) is 15.7. The molecule has 1 rings (SSSR count). The van der Waals surface area contributed by atoms with Gasteiger partial charge in [-0.05, 0) is 49.9 Å². The Kier molecular flexibility index (Phi) is 6.69. The van der Waals surface area contributed by atoms with E-state index in [9.17, 15) is 15.2 Å². The van der Waals surface area contributed by atoms with E-state index in [2.05, 4.69) is 33.9 Å². The minimum absolute atomic E-state index is 0.0184. The predicted octanol–water partition coefficient (Wildman–Crippen LogP) is 3.58. The minimum Gasteiger partial charge on any atom is -0.415 e. The molecule has 24 heavy (non-hydrogen) atoms. The molecule has 136 valence electrons. The Morgan fingerprint density at radius 1 is 1.25 bits per heavy atom. The van der Waals surface area contributed by atoms with E-state index in [4.69, 9.17) is 4.43 Å². The van der Waals surface area contributed by atoms with E-state index < -0.39 is 19.3 Å². The maximum absolute atomic E-state index is 10.8. The fourth-order valence-corrected chi connectivity index (χ4v) is 3.07. The average molecular weight is 355 g/mol. The molecule has 7 heteroatoms. The van der Waals surface area contributed by atoms with Gasteiger partial charge in [-0.3, -0.25) is 10.1 Å². The van der Waals surface area contributed by atoms with Gasteiger partial charge in [0.15, 0.2) is 8.32 Å². The smallest absolute Gasteiger partial charge is 0.269 e. The molecule has 0 aromatic heterocycles. The first-order valence-electron chi connectivity index (χ1n) is 8.09. The number of likely N-dealkylation sites (N-methyl/N-ethyl adjacent to an activating group) is 1. The number of benzene rings is 1. The molecule has 0 aliphatic heterocycles. The van der Waals surface area contributed by atoms with E-state index in [0.717, 1.165) is 0 Å². The fourth-order valence-electron chi connectivity index (χ4n) is 2.05. The average Bonchev–Trinajstić information content (AvgIpc) is 2.45. The molecule has 0 saturated carbocycles. The highest BCUT2D eigenvalue weighted by molar-refractivity contribution is 6.74. The van der Waals surface area contributed by atoms with E-state index in [1.54, 1.807) is 12.1 Å². The maximum atomic E-state index is 10.8. The highest BCUT2D eigenvalue weighted by Crippen LogP contribution is 2.37. The lowest BCUT2D eigenvalue weighted by molar-refractivity contribution is -0.384. The highest BCUT2D eigenvalue weighted by atomic mass is 28.4. The van der Waals surface area contributed by atoms with Crippen molar-refractivity contribution in [1.82, 2.24) is 4.90 Å². The Morgan fingerprint density at radius 3 is 2.12 bits per heavy atom. The molecule has 1 aromatic rings. The molecule has 0 spiro atoms. The quantitative estimate of drug-likeness (QED) is 0.460. The summed E-state index contributed by atoms with van der Waals surface area (Å²) in [5.74, 6) is 0. The number of hydrogen-bond acceptors (Lipinski definition) is 5. The topological polar surface area (TPSA) is 75.8 Å². The van der Waals surface area contributed by atoms with Crippen LogP contribution in [0.3, 0.4) is 0 Å². The molecule has 1 N–H and O–H groups in total. The maximum Gasteiger partial charge on any atom is 0.269 e. The van der Waals surface area contributed by atoms with Gasteiger partial charge in [0, 0.05) is 12.1 Å². The number of aliphatic hydroxyl groups is 1. The Morgan fingerprint density at radius 2 is 1.75 bits per heavy atom. The molecular weight excluding hydrogens is 324 g/mol. The number of non-ortho nitro benzene ring substituents is 1. The van der Waals surface area contributed by atoms with E-state index in [0.29, 0.717) is 12.2 Å². The summed E-state index contributed by atoms with van der Waals surface area (Å²) in [7, 11) is 1.88. The van der Waals surface area contributed by atoms with Crippen molar-refractivity contribution >= 4 is 14.0 Å². The first kappa shape index (κ1) is 20.8. The molecule has 0 bridgehead atoms. The van der Waals surface area contributed by atoms with Crippen molar-refractivity contribution < 1.29 is 14.5 Å². The monoisotopic (exact) mass is 354 g/mol. The van der Waals surface area contributed by atoms with Gasteiger partial charge in [0.2, 0.25) is 0 Å². The van der Waals surface area contributed by atoms with Crippen molar-refractivity contribution in [3.8, 4) is 0 Å². The summed E-state index contributed by atoms with van der Waals surface area (Å²) in [5, 5.41) is 21.6. The number of nitro benzene ring substituents is 1. The van der Waals surface area contributed by atoms with E-state index in [1.165, 1.54) is 12.1 Å². The molecule has 0 fully saturated rings. The van der Waals surface area contributed by atoms with Gasteiger partial charge in [0.25, 0.3) is 5.69 Å². The molecule has 0 amide bonds. The number of rotatable bonds is 7. The first-order valence-corrected chi connectivity index (χ1v) is 11.0. The van der Waals surface area contributed by atoms with Crippen LogP contribution in [0.2, 0.25) is 18.1 Å². The van der Waals surface area contributed by atoms with Crippen LogP contribution in [0.4, 0.5) is 5.69 Å². The van der Waals surface area contributed by atoms with Crippen molar-refractivity contribution in [1.29, 1.82) is 0 Å². The third-order valence-electron chi connectivity index (χ3n) is 4.89. The Labute approximate surface area is 145 Å². The van der Waals surface area contributed by atoms with Gasteiger partial charge < -0.3 is 14.4 Å². The SMILES string of the molecule is CN(C)[C@H](CO[Si](C)(C)C(C)(C)C)[C@@H](O)c1ccc([N+](=O)[O-])cc1. The van der Waals surface area contributed by atoms with Crippen LogP contribution >= 0.6 is 0 Å². The van der Waals surface area contributed by atoms with Crippen LogP contribution in [-0.4, -0.2) is 50.0 Å². The first-order chi connectivity index (χ1) is 10.9. The summed E-state index contributed by atoms with van der Waals surface area (Å²) < 4.78 is 6.25. The second-order valence-electron chi connectivity index (χ2n) is 7.90. The van der Waals surface area contributed by atoms with Crippen LogP contribution in [-0.2, 0) is 4.43 Å². The van der Waals surface area contributed by atoms with Gasteiger partial charge in [-0.2, -0.15) is 0 Å². The summed E-state index contributed by atoms with van der Waals surface area (Å²) in [6, 6.07) is 5.82. The number of nitro groups is 1. The highest BCUT2D eigenvalue weighted by Gasteiger charge is 2.38. The zero-order chi connectivity index (χ0) is 18.7. The fraction of sp³-hybridized carbons (Fsp3) is 0.647. The van der Waals surface area contributed by atoms with Crippen LogP contribution in [0.1, 0.15) is 32.4 Å². The largest absolute Gasteiger partial charge is 0.415 e. The normalized spacial score (nSPS) is 15.4. The zero-order valence-corrected chi connectivity index (χ0v) is 16.7. The standard InChI is InChI=1S/C17H30N2O4Si/c1-17(2,3)24(6,7)23-12-15(18(4)5)16(20)13-8-10-14(11-9-13)19(21)22/h8-11,15-16,20H,12H2,1-7H3/t15-,16+/m1/s1. The van der Waals surface area contributed by atoms with Crippen molar-refractivity contribution in [2.75, 3.05) is 20.7 Å². The summed E-state index contributed by atoms with van der Waals surface area (Å²) in [6.45, 7) is 11.3. The molecular formula is C17H30N2O4Si. The van der Waals surface area contributed by atoms with Crippen molar-refractivity contribution in [3.05, 3.63) is 39.9 Å². The van der Waals surface area contributed by atoms with Crippen molar-refractivity contribution in [2.45, 2.75) is 51.0 Å². The van der Waals surface area contributed by atoms with Crippen LogP contribution in [0.15, 0.2) is 24.3 Å². The van der Waals surface area contributed by atoms with Crippen LogP contribution in [0, 0.1) is 10.1 Å². The lowest BCUT2D eigenvalue weighted by Gasteiger charge is -2.39. The molecule has 0 saturated heterocycles. The van der Waals surface area contributed by atoms with Crippen molar-refractivity contribution in [2.24, 2.45) is 0 Å². The molecule has 0 unspecified atom stereocenters. The molecule has 0 aliphatic rings. The van der Waals surface area contributed by atoms with Crippen LogP contribution in [0.25, 0.3) is 0 Å². The number of hydrogen-bond donors (Lipinski definition) is 1. The Bertz CT molecular complexity index is 553. The Hall–Kier alpha value is -1.28. The third-order valence-corrected chi connectivity index (χ3v) is 9.40. The summed E-state index contributed by atoms with van der Waals surface area (Å²) in [6.07, 6.45) is -0.773. The van der Waals surface area contributed by atoms with E-state index in [-0.39, 0.29) is 16.8 Å². The van der Waals surface area contributed by atoms with Crippen molar-refractivity contribution in [3.63, 3.8) is 0 Å². The van der Waals surface area contributed by atoms with E-state index >= 15 is 0 Å². The molecule has 0 aliphatic carbocycles. The lowest BCUT2D eigenvalue weighted by Crippen LogP contribution is -2.46. The van der Waals surface area contributed by atoms with Crippen LogP contribution in [0.5, 0.6) is 0 Å². The van der Waals surface area contributed by atoms with Gasteiger partial charge in [-0.1, -0.05) is 20.8 Å². The molecule has 2 atom stereocenters. The molecule has 0 radical (unpaired) electrons. The second-order valence-corrected chi connectivity index (χ2v) is 12.7. The lowest BCUT2D eigenvalue weighted by atomic mass is 10.0. The van der Waals surface area contributed by atoms with E-state index in [1.807, 2.05) is 19.0 Å². The summed E-state index contributed by atoms with van der Waals surface area (Å²) in [5.41, 5.74) is 0.669. The Balaban J connectivity index is 2.89. The van der Waals surface area contributed by atoms with Gasteiger partial charge in [-0.15, -0.1) is 0 Å². The molecule has 6 nitrogen and oxygen atoms in total. The van der Waals surface area contributed by atoms with Gasteiger partial charge >= 0.3 is 0 Å². The number of nitrogens with zero attached hydrogens (tertiary/aromatic N) is 2. The second kappa shape index (κ2) is 7.73. The molecule has 1 aromatic carbocycles. The summed E-state index contributed by atoms with van der Waals surface area (Å²) >= 11 is 0. The third kappa shape index (κ3) is 5.11.